The number of anilines is 2. The number of morpholine rings is 1. The number of rotatable bonds is 3. The van der Waals surface area contributed by atoms with Crippen LogP contribution in [0.1, 0.15) is 6.92 Å². The van der Waals surface area contributed by atoms with Gasteiger partial charge in [0.05, 0.1) is 19.3 Å². The SMILES string of the molecule is C=Nc1cc(N2CCOC[C@H]2C)nc(-c2cc(N)nc(Cl)c2)n1. The van der Waals surface area contributed by atoms with E-state index in [1.807, 2.05) is 6.07 Å². The van der Waals surface area contributed by atoms with Crippen LogP contribution in [0.3, 0.4) is 0 Å². The Morgan fingerprint density at radius 1 is 1.35 bits per heavy atom. The van der Waals surface area contributed by atoms with Crippen LogP contribution in [0, 0.1) is 0 Å². The summed E-state index contributed by atoms with van der Waals surface area (Å²) < 4.78 is 5.47. The Bertz CT molecular complexity index is 718. The van der Waals surface area contributed by atoms with Crippen LogP contribution in [0.2, 0.25) is 5.15 Å². The standard InChI is InChI=1S/C15H17ClN6O/c1-9-8-23-4-3-22(9)14-7-13(18-2)20-15(21-14)10-5-11(16)19-12(17)6-10/h5-7,9H,2-4,8H2,1H3,(H2,17,19)/t9-/m1/s1. The van der Waals surface area contributed by atoms with Crippen molar-refractivity contribution in [1.82, 2.24) is 15.0 Å². The normalized spacial score (nSPS) is 18.0. The van der Waals surface area contributed by atoms with Gasteiger partial charge in [-0.1, -0.05) is 11.6 Å². The summed E-state index contributed by atoms with van der Waals surface area (Å²) in [6.45, 7) is 7.72. The maximum atomic E-state index is 5.98. The highest BCUT2D eigenvalue weighted by Crippen LogP contribution is 2.27. The molecule has 0 amide bonds. The van der Waals surface area contributed by atoms with Crippen LogP contribution >= 0.6 is 11.6 Å². The van der Waals surface area contributed by atoms with Gasteiger partial charge in [-0.05, 0) is 25.8 Å². The molecule has 0 bridgehead atoms. The molecular formula is C15H17ClN6O. The summed E-state index contributed by atoms with van der Waals surface area (Å²) in [4.78, 5) is 19.1. The predicted octanol–water partition coefficient (Wildman–Crippen LogP) is 2.33. The molecule has 0 saturated carbocycles. The number of ether oxygens (including phenoxy) is 1. The zero-order chi connectivity index (χ0) is 16.4. The van der Waals surface area contributed by atoms with Gasteiger partial charge in [0.2, 0.25) is 0 Å². The molecule has 1 aliphatic heterocycles. The number of nitrogens with two attached hydrogens (primary N) is 1. The van der Waals surface area contributed by atoms with Gasteiger partial charge in [-0.15, -0.1) is 0 Å². The van der Waals surface area contributed by atoms with Crippen molar-refractivity contribution in [3.05, 3.63) is 23.4 Å². The molecule has 1 saturated heterocycles. The Morgan fingerprint density at radius 2 is 2.17 bits per heavy atom. The minimum atomic E-state index is 0.218. The molecule has 1 atom stereocenters. The number of hydrogen-bond acceptors (Lipinski definition) is 7. The largest absolute Gasteiger partial charge is 0.384 e. The van der Waals surface area contributed by atoms with E-state index >= 15 is 0 Å². The van der Waals surface area contributed by atoms with Crippen molar-refractivity contribution in [2.24, 2.45) is 4.99 Å². The molecule has 3 rings (SSSR count). The lowest BCUT2D eigenvalue weighted by atomic mass is 10.2. The van der Waals surface area contributed by atoms with Crippen molar-refractivity contribution < 1.29 is 4.74 Å². The first-order chi connectivity index (χ1) is 11.1. The molecule has 0 aliphatic carbocycles. The molecule has 0 aromatic carbocycles. The fraction of sp³-hybridized carbons (Fsp3) is 0.333. The van der Waals surface area contributed by atoms with Gasteiger partial charge in [0.25, 0.3) is 0 Å². The number of nitrogen functional groups attached to an aromatic ring is 1. The first kappa shape index (κ1) is 15.6. The van der Waals surface area contributed by atoms with Crippen LogP contribution in [-0.2, 0) is 4.74 Å². The van der Waals surface area contributed by atoms with E-state index in [9.17, 15) is 0 Å². The first-order valence-electron chi connectivity index (χ1n) is 7.20. The molecule has 1 fully saturated rings. The molecule has 0 unspecified atom stereocenters. The highest BCUT2D eigenvalue weighted by molar-refractivity contribution is 6.29. The molecule has 8 heteroatoms. The maximum absolute atomic E-state index is 5.98. The molecule has 3 heterocycles. The maximum Gasteiger partial charge on any atom is 0.164 e. The molecule has 1 aliphatic rings. The van der Waals surface area contributed by atoms with E-state index in [4.69, 9.17) is 22.1 Å². The smallest absolute Gasteiger partial charge is 0.164 e. The monoisotopic (exact) mass is 332 g/mol. The minimum absolute atomic E-state index is 0.218. The highest BCUT2D eigenvalue weighted by atomic mass is 35.5. The second kappa shape index (κ2) is 6.47. The van der Waals surface area contributed by atoms with Crippen LogP contribution < -0.4 is 10.6 Å². The molecule has 23 heavy (non-hydrogen) atoms. The van der Waals surface area contributed by atoms with Gasteiger partial charge in [0, 0.05) is 18.2 Å². The van der Waals surface area contributed by atoms with Gasteiger partial charge in [0.1, 0.15) is 16.8 Å². The fourth-order valence-corrected chi connectivity index (χ4v) is 2.71. The van der Waals surface area contributed by atoms with Gasteiger partial charge in [-0.2, -0.15) is 0 Å². The summed E-state index contributed by atoms with van der Waals surface area (Å²) in [5.41, 5.74) is 6.45. The van der Waals surface area contributed by atoms with Crippen molar-refractivity contribution in [2.45, 2.75) is 13.0 Å². The van der Waals surface area contributed by atoms with Gasteiger partial charge >= 0.3 is 0 Å². The summed E-state index contributed by atoms with van der Waals surface area (Å²) >= 11 is 5.98. The molecule has 120 valence electrons. The second-order valence-electron chi connectivity index (χ2n) is 5.29. The summed E-state index contributed by atoms with van der Waals surface area (Å²) in [6, 6.07) is 5.38. The predicted molar refractivity (Wildman–Crippen MR) is 91.5 cm³/mol. The van der Waals surface area contributed by atoms with Crippen molar-refractivity contribution >= 4 is 35.8 Å². The average molecular weight is 333 g/mol. The Hall–Kier alpha value is -2.25. The first-order valence-corrected chi connectivity index (χ1v) is 7.58. The Balaban J connectivity index is 2.07. The van der Waals surface area contributed by atoms with Crippen molar-refractivity contribution in [3.8, 4) is 11.4 Å². The Morgan fingerprint density at radius 3 is 2.87 bits per heavy atom. The minimum Gasteiger partial charge on any atom is -0.384 e. The highest BCUT2D eigenvalue weighted by Gasteiger charge is 2.21. The number of halogens is 1. The average Bonchev–Trinajstić information content (AvgIpc) is 2.54. The quantitative estimate of drug-likeness (QED) is 0.685. The van der Waals surface area contributed by atoms with Crippen LogP contribution in [0.5, 0.6) is 0 Å². The van der Waals surface area contributed by atoms with Gasteiger partial charge in [-0.3, -0.25) is 0 Å². The molecule has 2 aromatic heterocycles. The van der Waals surface area contributed by atoms with Crippen LogP contribution in [0.25, 0.3) is 11.4 Å². The number of aliphatic imine (C=N–C) groups is 1. The third-order valence-corrected chi connectivity index (χ3v) is 3.79. The fourth-order valence-electron chi connectivity index (χ4n) is 2.49. The lowest BCUT2D eigenvalue weighted by Gasteiger charge is -2.34. The topological polar surface area (TPSA) is 89.5 Å². The van der Waals surface area contributed by atoms with Crippen LogP contribution in [-0.4, -0.2) is 47.5 Å². The van der Waals surface area contributed by atoms with Gasteiger partial charge in [0.15, 0.2) is 11.6 Å². The van der Waals surface area contributed by atoms with E-state index in [0.29, 0.717) is 41.4 Å². The number of nitrogens with zero attached hydrogens (tertiary/aromatic N) is 5. The van der Waals surface area contributed by atoms with Crippen LogP contribution in [0.4, 0.5) is 17.5 Å². The zero-order valence-electron chi connectivity index (χ0n) is 12.7. The molecule has 2 N–H and O–H groups in total. The van der Waals surface area contributed by atoms with E-state index < -0.39 is 0 Å². The zero-order valence-corrected chi connectivity index (χ0v) is 13.5. The third-order valence-electron chi connectivity index (χ3n) is 3.60. The lowest BCUT2D eigenvalue weighted by molar-refractivity contribution is 0.0985. The third kappa shape index (κ3) is 3.40. The molecule has 7 nitrogen and oxygen atoms in total. The molecule has 0 spiro atoms. The Kier molecular flexibility index (Phi) is 4.40. The number of hydrogen-bond donors (Lipinski definition) is 1. The van der Waals surface area contributed by atoms with E-state index in [-0.39, 0.29) is 6.04 Å². The second-order valence-corrected chi connectivity index (χ2v) is 5.67. The van der Waals surface area contributed by atoms with Crippen molar-refractivity contribution in [1.29, 1.82) is 0 Å². The van der Waals surface area contributed by atoms with Crippen molar-refractivity contribution in [2.75, 3.05) is 30.4 Å². The summed E-state index contributed by atoms with van der Waals surface area (Å²) in [6.07, 6.45) is 0. The number of pyridine rings is 1. The van der Waals surface area contributed by atoms with E-state index in [1.165, 1.54) is 0 Å². The van der Waals surface area contributed by atoms with Crippen LogP contribution in [0.15, 0.2) is 23.2 Å². The molecule has 0 radical (unpaired) electrons. The Labute approximate surface area is 139 Å². The van der Waals surface area contributed by atoms with E-state index in [2.05, 4.69) is 38.5 Å². The summed E-state index contributed by atoms with van der Waals surface area (Å²) in [5, 5.41) is 0.293. The number of aromatic nitrogens is 3. The van der Waals surface area contributed by atoms with Gasteiger partial charge in [-0.25, -0.2) is 19.9 Å². The van der Waals surface area contributed by atoms with E-state index in [1.54, 1.807) is 12.1 Å². The molecule has 2 aromatic rings. The van der Waals surface area contributed by atoms with Crippen molar-refractivity contribution in [3.63, 3.8) is 0 Å². The van der Waals surface area contributed by atoms with Gasteiger partial charge < -0.3 is 15.4 Å². The summed E-state index contributed by atoms with van der Waals surface area (Å²) in [5.74, 6) is 2.07. The lowest BCUT2D eigenvalue weighted by Crippen LogP contribution is -2.44. The summed E-state index contributed by atoms with van der Waals surface area (Å²) in [7, 11) is 0. The van der Waals surface area contributed by atoms with E-state index in [0.717, 1.165) is 12.4 Å². The molecular weight excluding hydrogens is 316 g/mol.